The fourth-order valence-electron chi connectivity index (χ4n) is 2.37. The molecule has 2 amide bonds. The van der Waals surface area contributed by atoms with Crippen molar-refractivity contribution in [3.63, 3.8) is 0 Å². The summed E-state index contributed by atoms with van der Waals surface area (Å²) in [6, 6.07) is 8.24. The summed E-state index contributed by atoms with van der Waals surface area (Å²) < 4.78 is 4.63. The zero-order valence-electron chi connectivity index (χ0n) is 11.8. The molecule has 0 saturated carbocycles. The molecule has 0 N–H and O–H groups in total. The molecule has 6 nitrogen and oxygen atoms in total. The maximum atomic E-state index is 12.3. The van der Waals surface area contributed by atoms with Gasteiger partial charge in [-0.25, -0.2) is 4.79 Å². The van der Waals surface area contributed by atoms with Crippen LogP contribution in [-0.2, 0) is 11.3 Å². The van der Waals surface area contributed by atoms with E-state index < -0.39 is 5.97 Å². The molecule has 1 aromatic heterocycles. The predicted octanol–water partition coefficient (Wildman–Crippen LogP) is 1.66. The second kappa shape index (κ2) is 5.40. The number of ether oxygens (including phenoxy) is 1. The zero-order chi connectivity index (χ0) is 15.7. The highest BCUT2D eigenvalue weighted by molar-refractivity contribution is 6.21. The number of methoxy groups -OCH3 is 1. The Bertz CT molecular complexity index is 750. The fourth-order valence-corrected chi connectivity index (χ4v) is 2.37. The summed E-state index contributed by atoms with van der Waals surface area (Å²) >= 11 is 0. The standard InChI is InChI=1S/C16H12N2O4/c1-22-16(21)11-6-10(7-17-8-11)9-18-14(19)12-4-2-3-5-13(12)15(18)20/h2-8H,9H2,1H3. The molecule has 0 unspecified atom stereocenters. The van der Waals surface area contributed by atoms with E-state index in [2.05, 4.69) is 9.72 Å². The number of nitrogens with zero attached hydrogens (tertiary/aromatic N) is 2. The minimum Gasteiger partial charge on any atom is -0.465 e. The third-order valence-electron chi connectivity index (χ3n) is 3.43. The molecule has 3 rings (SSSR count). The van der Waals surface area contributed by atoms with Crippen LogP contribution in [0.5, 0.6) is 0 Å². The number of amides is 2. The largest absolute Gasteiger partial charge is 0.465 e. The molecule has 0 radical (unpaired) electrons. The number of hydrogen-bond donors (Lipinski definition) is 0. The maximum Gasteiger partial charge on any atom is 0.339 e. The first kappa shape index (κ1) is 13.9. The maximum absolute atomic E-state index is 12.3. The predicted molar refractivity (Wildman–Crippen MR) is 76.2 cm³/mol. The van der Waals surface area contributed by atoms with Crippen molar-refractivity contribution in [2.75, 3.05) is 7.11 Å². The van der Waals surface area contributed by atoms with Crippen molar-refractivity contribution in [3.8, 4) is 0 Å². The van der Waals surface area contributed by atoms with Gasteiger partial charge in [0.15, 0.2) is 0 Å². The topological polar surface area (TPSA) is 76.6 Å². The molecule has 0 fully saturated rings. The van der Waals surface area contributed by atoms with E-state index in [0.29, 0.717) is 16.7 Å². The lowest BCUT2D eigenvalue weighted by Gasteiger charge is -2.13. The van der Waals surface area contributed by atoms with E-state index in [0.717, 1.165) is 4.90 Å². The number of imide groups is 1. The Labute approximate surface area is 126 Å². The minimum absolute atomic E-state index is 0.0597. The van der Waals surface area contributed by atoms with Gasteiger partial charge in [-0.15, -0.1) is 0 Å². The second-order valence-corrected chi connectivity index (χ2v) is 4.82. The van der Waals surface area contributed by atoms with Gasteiger partial charge in [0.2, 0.25) is 0 Å². The number of esters is 1. The van der Waals surface area contributed by atoms with Gasteiger partial charge in [0, 0.05) is 12.4 Å². The first-order valence-corrected chi connectivity index (χ1v) is 6.59. The van der Waals surface area contributed by atoms with E-state index in [9.17, 15) is 14.4 Å². The van der Waals surface area contributed by atoms with Crippen LogP contribution < -0.4 is 0 Å². The summed E-state index contributed by atoms with van der Waals surface area (Å²) in [6.45, 7) is 0.0597. The fraction of sp³-hybridized carbons (Fsp3) is 0.125. The highest BCUT2D eigenvalue weighted by atomic mass is 16.5. The van der Waals surface area contributed by atoms with Gasteiger partial charge in [-0.1, -0.05) is 12.1 Å². The number of rotatable bonds is 3. The van der Waals surface area contributed by atoms with Crippen LogP contribution in [0.15, 0.2) is 42.7 Å². The average Bonchev–Trinajstić information content (AvgIpc) is 2.80. The van der Waals surface area contributed by atoms with Gasteiger partial charge in [0.05, 0.1) is 30.3 Å². The summed E-state index contributed by atoms with van der Waals surface area (Å²) in [5.41, 5.74) is 1.64. The molecule has 110 valence electrons. The van der Waals surface area contributed by atoms with Crippen LogP contribution in [0.3, 0.4) is 0 Å². The Morgan fingerprint density at radius 2 is 1.77 bits per heavy atom. The molecule has 2 heterocycles. The van der Waals surface area contributed by atoms with Crippen molar-refractivity contribution in [1.29, 1.82) is 0 Å². The lowest BCUT2D eigenvalue weighted by atomic mass is 10.1. The number of carbonyl (C=O) groups excluding carboxylic acids is 3. The molecule has 0 atom stereocenters. The molecule has 1 aliphatic rings. The number of pyridine rings is 1. The van der Waals surface area contributed by atoms with Crippen LogP contribution in [0.4, 0.5) is 0 Å². The molecule has 1 aromatic carbocycles. The van der Waals surface area contributed by atoms with Crippen LogP contribution in [0, 0.1) is 0 Å². The monoisotopic (exact) mass is 296 g/mol. The van der Waals surface area contributed by atoms with Crippen molar-refractivity contribution in [3.05, 3.63) is 65.0 Å². The highest BCUT2D eigenvalue weighted by Gasteiger charge is 2.35. The summed E-state index contributed by atoms with van der Waals surface area (Å²) in [4.78, 5) is 41.1. The van der Waals surface area contributed by atoms with Crippen LogP contribution in [0.1, 0.15) is 36.6 Å². The van der Waals surface area contributed by atoms with E-state index in [4.69, 9.17) is 0 Å². The van der Waals surface area contributed by atoms with Gasteiger partial charge in [0.1, 0.15) is 0 Å². The third kappa shape index (κ3) is 2.24. The van der Waals surface area contributed by atoms with E-state index >= 15 is 0 Å². The van der Waals surface area contributed by atoms with Crippen LogP contribution in [0.2, 0.25) is 0 Å². The summed E-state index contributed by atoms with van der Waals surface area (Å²) in [6.07, 6.45) is 2.88. The van der Waals surface area contributed by atoms with Crippen LogP contribution in [0.25, 0.3) is 0 Å². The van der Waals surface area contributed by atoms with E-state index in [1.54, 1.807) is 30.3 Å². The molecule has 0 spiro atoms. The van der Waals surface area contributed by atoms with Crippen LogP contribution >= 0.6 is 0 Å². The van der Waals surface area contributed by atoms with E-state index in [1.807, 2.05) is 0 Å². The Morgan fingerprint density at radius 3 is 2.36 bits per heavy atom. The zero-order valence-corrected chi connectivity index (χ0v) is 11.8. The number of fused-ring (bicyclic) bond motifs is 1. The van der Waals surface area contributed by atoms with Crippen molar-refractivity contribution in [2.45, 2.75) is 6.54 Å². The Kier molecular flexibility index (Phi) is 3.42. The molecule has 22 heavy (non-hydrogen) atoms. The van der Waals surface area contributed by atoms with Gasteiger partial charge < -0.3 is 4.74 Å². The quantitative estimate of drug-likeness (QED) is 0.636. The smallest absolute Gasteiger partial charge is 0.339 e. The van der Waals surface area contributed by atoms with Gasteiger partial charge in [0.25, 0.3) is 11.8 Å². The first-order chi connectivity index (χ1) is 10.6. The molecule has 0 saturated heterocycles. The number of benzene rings is 1. The molecule has 0 bridgehead atoms. The molecule has 6 heteroatoms. The minimum atomic E-state index is -0.517. The first-order valence-electron chi connectivity index (χ1n) is 6.59. The molecular weight excluding hydrogens is 284 g/mol. The Morgan fingerprint density at radius 1 is 1.14 bits per heavy atom. The van der Waals surface area contributed by atoms with Crippen molar-refractivity contribution >= 4 is 17.8 Å². The normalized spacial score (nSPS) is 13.2. The molecule has 2 aromatic rings. The Hall–Kier alpha value is -3.02. The molecule has 0 aliphatic carbocycles. The van der Waals surface area contributed by atoms with Crippen molar-refractivity contribution in [1.82, 2.24) is 9.88 Å². The van der Waals surface area contributed by atoms with Crippen molar-refractivity contribution in [2.24, 2.45) is 0 Å². The number of aromatic nitrogens is 1. The molecular formula is C16H12N2O4. The highest BCUT2D eigenvalue weighted by Crippen LogP contribution is 2.24. The second-order valence-electron chi connectivity index (χ2n) is 4.82. The average molecular weight is 296 g/mol. The lowest BCUT2D eigenvalue weighted by Crippen LogP contribution is -2.29. The summed E-state index contributed by atoms with van der Waals surface area (Å²) in [5, 5.41) is 0. The number of carbonyl (C=O) groups is 3. The van der Waals surface area contributed by atoms with Gasteiger partial charge in [-0.05, 0) is 23.8 Å². The third-order valence-corrected chi connectivity index (χ3v) is 3.43. The summed E-state index contributed by atoms with van der Waals surface area (Å²) in [7, 11) is 1.28. The van der Waals surface area contributed by atoms with Crippen molar-refractivity contribution < 1.29 is 19.1 Å². The van der Waals surface area contributed by atoms with Gasteiger partial charge in [-0.2, -0.15) is 0 Å². The van der Waals surface area contributed by atoms with E-state index in [1.165, 1.54) is 19.5 Å². The Balaban J connectivity index is 1.88. The van der Waals surface area contributed by atoms with E-state index in [-0.39, 0.29) is 23.9 Å². The summed E-state index contributed by atoms with van der Waals surface area (Å²) in [5.74, 6) is -1.20. The molecule has 1 aliphatic heterocycles. The SMILES string of the molecule is COC(=O)c1cncc(CN2C(=O)c3ccccc3C2=O)c1. The number of hydrogen-bond acceptors (Lipinski definition) is 5. The lowest BCUT2D eigenvalue weighted by molar-refractivity contribution is 0.0599. The van der Waals surface area contributed by atoms with Gasteiger partial charge in [-0.3, -0.25) is 19.5 Å². The van der Waals surface area contributed by atoms with Gasteiger partial charge >= 0.3 is 5.97 Å². The van der Waals surface area contributed by atoms with Crippen LogP contribution in [-0.4, -0.2) is 34.8 Å².